The van der Waals surface area contributed by atoms with Gasteiger partial charge in [-0.3, -0.25) is 9.59 Å². The number of carbonyl (C=O) groups is 2. The van der Waals surface area contributed by atoms with Crippen molar-refractivity contribution in [2.45, 2.75) is 6.04 Å². The molecular weight excluding hydrogens is 328 g/mol. The standard InChI is InChI=1S/C18H17ClN2O3/c1-24-15-8-4-12(5-9-15)16-17(22)20-10-11-21(16)18(23)13-2-6-14(19)7-3-13/h2-9,16H,10-11H2,1H3,(H,20,22). The Morgan fingerprint density at radius 3 is 2.46 bits per heavy atom. The first-order valence-corrected chi connectivity index (χ1v) is 7.96. The molecule has 6 heteroatoms. The van der Waals surface area contributed by atoms with Crippen molar-refractivity contribution in [1.29, 1.82) is 0 Å². The lowest BCUT2D eigenvalue weighted by molar-refractivity contribution is -0.128. The molecule has 0 saturated carbocycles. The van der Waals surface area contributed by atoms with E-state index < -0.39 is 6.04 Å². The number of nitrogens with one attached hydrogen (secondary N) is 1. The number of nitrogens with zero attached hydrogens (tertiary/aromatic N) is 1. The molecule has 1 saturated heterocycles. The second kappa shape index (κ2) is 6.93. The maximum Gasteiger partial charge on any atom is 0.254 e. The Morgan fingerprint density at radius 1 is 1.17 bits per heavy atom. The monoisotopic (exact) mass is 344 g/mol. The highest BCUT2D eigenvalue weighted by Crippen LogP contribution is 2.27. The smallest absolute Gasteiger partial charge is 0.254 e. The fourth-order valence-corrected chi connectivity index (χ4v) is 2.89. The van der Waals surface area contributed by atoms with Crippen molar-refractivity contribution in [3.8, 4) is 5.75 Å². The minimum Gasteiger partial charge on any atom is -0.497 e. The molecule has 1 aliphatic rings. The van der Waals surface area contributed by atoms with Gasteiger partial charge in [0.05, 0.1) is 7.11 Å². The fraction of sp³-hybridized carbons (Fsp3) is 0.222. The van der Waals surface area contributed by atoms with E-state index in [1.165, 1.54) is 0 Å². The highest BCUT2D eigenvalue weighted by molar-refractivity contribution is 6.30. The Labute approximate surface area is 145 Å². The van der Waals surface area contributed by atoms with E-state index >= 15 is 0 Å². The summed E-state index contributed by atoms with van der Waals surface area (Å²) in [6.07, 6.45) is 0. The van der Waals surface area contributed by atoms with Gasteiger partial charge < -0.3 is 15.0 Å². The van der Waals surface area contributed by atoms with Gasteiger partial charge in [-0.1, -0.05) is 23.7 Å². The summed E-state index contributed by atoms with van der Waals surface area (Å²) in [7, 11) is 1.58. The zero-order valence-electron chi connectivity index (χ0n) is 13.2. The molecule has 1 atom stereocenters. The molecule has 1 N–H and O–H groups in total. The number of piperazine rings is 1. The van der Waals surface area contributed by atoms with Gasteiger partial charge in [-0.25, -0.2) is 0 Å². The highest BCUT2D eigenvalue weighted by Gasteiger charge is 2.34. The summed E-state index contributed by atoms with van der Waals surface area (Å²) >= 11 is 5.88. The SMILES string of the molecule is COc1ccc(C2C(=O)NCCN2C(=O)c2ccc(Cl)cc2)cc1. The fourth-order valence-electron chi connectivity index (χ4n) is 2.76. The van der Waals surface area contributed by atoms with E-state index in [0.29, 0.717) is 29.4 Å². The number of rotatable bonds is 3. The minimum atomic E-state index is -0.659. The summed E-state index contributed by atoms with van der Waals surface area (Å²) in [6, 6.07) is 13.2. The lowest BCUT2D eigenvalue weighted by Crippen LogP contribution is -2.52. The number of amides is 2. The molecule has 1 aliphatic heterocycles. The van der Waals surface area contributed by atoms with Crippen molar-refractivity contribution in [2.24, 2.45) is 0 Å². The number of halogens is 1. The number of methoxy groups -OCH3 is 1. The minimum absolute atomic E-state index is 0.186. The Morgan fingerprint density at radius 2 is 1.83 bits per heavy atom. The van der Waals surface area contributed by atoms with Gasteiger partial charge in [0.15, 0.2) is 0 Å². The van der Waals surface area contributed by atoms with Crippen LogP contribution in [0, 0.1) is 0 Å². The van der Waals surface area contributed by atoms with Gasteiger partial charge in [0.2, 0.25) is 5.91 Å². The summed E-state index contributed by atoms with van der Waals surface area (Å²) in [5.41, 5.74) is 1.25. The largest absolute Gasteiger partial charge is 0.497 e. The summed E-state index contributed by atoms with van der Waals surface area (Å²) in [5, 5.41) is 3.38. The number of benzene rings is 2. The van der Waals surface area contributed by atoms with Crippen LogP contribution in [-0.4, -0.2) is 36.9 Å². The second-order valence-corrected chi connectivity index (χ2v) is 5.91. The first kappa shape index (κ1) is 16.3. The van der Waals surface area contributed by atoms with Crippen LogP contribution < -0.4 is 10.1 Å². The molecule has 0 radical (unpaired) electrons. The van der Waals surface area contributed by atoms with Crippen LogP contribution >= 0.6 is 11.6 Å². The Hall–Kier alpha value is -2.53. The van der Waals surface area contributed by atoms with Crippen LogP contribution in [0.2, 0.25) is 5.02 Å². The molecule has 0 aromatic heterocycles. The highest BCUT2D eigenvalue weighted by atomic mass is 35.5. The van der Waals surface area contributed by atoms with E-state index in [1.807, 2.05) is 0 Å². The van der Waals surface area contributed by atoms with Gasteiger partial charge in [0.1, 0.15) is 11.8 Å². The first-order valence-electron chi connectivity index (χ1n) is 7.58. The molecule has 3 rings (SSSR count). The summed E-state index contributed by atoms with van der Waals surface area (Å²) in [6.45, 7) is 0.884. The van der Waals surface area contributed by atoms with Crippen molar-refractivity contribution in [3.63, 3.8) is 0 Å². The third-order valence-electron chi connectivity index (χ3n) is 4.00. The van der Waals surface area contributed by atoms with E-state index in [0.717, 1.165) is 5.56 Å². The van der Waals surface area contributed by atoms with Gasteiger partial charge >= 0.3 is 0 Å². The van der Waals surface area contributed by atoms with Crippen molar-refractivity contribution in [1.82, 2.24) is 10.2 Å². The lowest BCUT2D eigenvalue weighted by atomic mass is 10.0. The molecule has 2 aromatic carbocycles. The molecule has 24 heavy (non-hydrogen) atoms. The van der Waals surface area contributed by atoms with E-state index in [2.05, 4.69) is 5.32 Å². The van der Waals surface area contributed by atoms with Gasteiger partial charge in [0, 0.05) is 23.7 Å². The number of ether oxygens (including phenoxy) is 1. The first-order chi connectivity index (χ1) is 11.6. The van der Waals surface area contributed by atoms with Crippen molar-refractivity contribution in [3.05, 3.63) is 64.7 Å². The third-order valence-corrected chi connectivity index (χ3v) is 4.25. The van der Waals surface area contributed by atoms with Gasteiger partial charge in [-0.15, -0.1) is 0 Å². The molecule has 124 valence electrons. The Bertz CT molecular complexity index is 744. The molecule has 1 fully saturated rings. The van der Waals surface area contributed by atoms with E-state index in [-0.39, 0.29) is 11.8 Å². The summed E-state index contributed by atoms with van der Waals surface area (Å²) in [4.78, 5) is 26.8. The molecule has 0 bridgehead atoms. The summed E-state index contributed by atoms with van der Waals surface area (Å²) in [5.74, 6) is 0.321. The molecule has 0 spiro atoms. The maximum atomic E-state index is 12.8. The Balaban J connectivity index is 1.92. The molecule has 1 unspecified atom stereocenters. The molecule has 2 amide bonds. The molecule has 1 heterocycles. The van der Waals surface area contributed by atoms with E-state index in [1.54, 1.807) is 60.5 Å². The average molecular weight is 345 g/mol. The maximum absolute atomic E-state index is 12.8. The lowest BCUT2D eigenvalue weighted by Gasteiger charge is -2.35. The zero-order valence-corrected chi connectivity index (χ0v) is 13.9. The van der Waals surface area contributed by atoms with E-state index in [4.69, 9.17) is 16.3 Å². The van der Waals surface area contributed by atoms with Gasteiger partial charge in [-0.2, -0.15) is 0 Å². The van der Waals surface area contributed by atoms with Crippen LogP contribution in [0.3, 0.4) is 0 Å². The molecule has 0 aliphatic carbocycles. The van der Waals surface area contributed by atoms with Crippen molar-refractivity contribution >= 4 is 23.4 Å². The molecular formula is C18H17ClN2O3. The van der Waals surface area contributed by atoms with Crippen molar-refractivity contribution < 1.29 is 14.3 Å². The van der Waals surface area contributed by atoms with Crippen LogP contribution in [0.4, 0.5) is 0 Å². The quantitative estimate of drug-likeness (QED) is 0.931. The normalized spacial score (nSPS) is 17.3. The number of carbonyl (C=O) groups excluding carboxylic acids is 2. The zero-order chi connectivity index (χ0) is 17.1. The Kier molecular flexibility index (Phi) is 4.71. The molecule has 5 nitrogen and oxygen atoms in total. The number of hydrogen-bond acceptors (Lipinski definition) is 3. The van der Waals surface area contributed by atoms with Crippen LogP contribution in [-0.2, 0) is 4.79 Å². The van der Waals surface area contributed by atoms with Gasteiger partial charge in [-0.05, 0) is 42.0 Å². The second-order valence-electron chi connectivity index (χ2n) is 5.47. The van der Waals surface area contributed by atoms with Gasteiger partial charge in [0.25, 0.3) is 5.91 Å². The molecule has 2 aromatic rings. The van der Waals surface area contributed by atoms with Crippen LogP contribution in [0.15, 0.2) is 48.5 Å². The van der Waals surface area contributed by atoms with Crippen molar-refractivity contribution in [2.75, 3.05) is 20.2 Å². The topological polar surface area (TPSA) is 58.6 Å². The van der Waals surface area contributed by atoms with E-state index in [9.17, 15) is 9.59 Å². The number of hydrogen-bond donors (Lipinski definition) is 1. The van der Waals surface area contributed by atoms with Crippen LogP contribution in [0.5, 0.6) is 5.75 Å². The predicted molar refractivity (Wildman–Crippen MR) is 91.2 cm³/mol. The van der Waals surface area contributed by atoms with Crippen LogP contribution in [0.1, 0.15) is 22.0 Å². The summed E-state index contributed by atoms with van der Waals surface area (Å²) < 4.78 is 5.14. The predicted octanol–water partition coefficient (Wildman–Crippen LogP) is 2.66. The third kappa shape index (κ3) is 3.21. The average Bonchev–Trinajstić information content (AvgIpc) is 2.62. The van der Waals surface area contributed by atoms with Crippen LogP contribution in [0.25, 0.3) is 0 Å².